The number of carbonyl (C=O) groups is 1. The van der Waals surface area contributed by atoms with Crippen LogP contribution in [0.3, 0.4) is 0 Å². The third kappa shape index (κ3) is 3.32. The average Bonchev–Trinajstić information content (AvgIpc) is 2.83. The molecule has 6 heteroatoms. The predicted octanol–water partition coefficient (Wildman–Crippen LogP) is 1.16. The van der Waals surface area contributed by atoms with E-state index in [0.717, 1.165) is 38.8 Å². The smallest absolute Gasteiger partial charge is 0.227 e. The zero-order chi connectivity index (χ0) is 13.7. The van der Waals surface area contributed by atoms with E-state index in [2.05, 4.69) is 27.7 Å². The van der Waals surface area contributed by atoms with Crippen LogP contribution in [0.1, 0.15) is 44.3 Å². The molecule has 1 amide bonds. The van der Waals surface area contributed by atoms with Crippen LogP contribution in [0.25, 0.3) is 0 Å². The van der Waals surface area contributed by atoms with Crippen molar-refractivity contribution >= 4 is 5.91 Å². The molecule has 19 heavy (non-hydrogen) atoms. The number of piperidine rings is 1. The van der Waals surface area contributed by atoms with Crippen molar-refractivity contribution in [2.24, 2.45) is 5.41 Å². The van der Waals surface area contributed by atoms with Crippen molar-refractivity contribution in [2.75, 3.05) is 13.1 Å². The molecule has 1 aromatic rings. The van der Waals surface area contributed by atoms with Crippen LogP contribution in [0, 0.1) is 12.3 Å². The highest BCUT2D eigenvalue weighted by atomic mass is 16.5. The quantitative estimate of drug-likeness (QED) is 0.836. The highest BCUT2D eigenvalue weighted by molar-refractivity contribution is 5.82. The van der Waals surface area contributed by atoms with Crippen LogP contribution in [0.5, 0.6) is 0 Å². The summed E-state index contributed by atoms with van der Waals surface area (Å²) in [7, 11) is 0. The first-order valence-electron chi connectivity index (χ1n) is 6.94. The summed E-state index contributed by atoms with van der Waals surface area (Å²) in [6, 6.07) is 0. The highest BCUT2D eigenvalue weighted by Gasteiger charge is 2.38. The molecule has 1 aliphatic rings. The molecule has 0 aromatic carbocycles. The van der Waals surface area contributed by atoms with Gasteiger partial charge in [0.2, 0.25) is 11.8 Å². The molecule has 2 N–H and O–H groups in total. The van der Waals surface area contributed by atoms with Gasteiger partial charge in [-0.3, -0.25) is 4.79 Å². The van der Waals surface area contributed by atoms with Crippen molar-refractivity contribution in [3.05, 3.63) is 11.7 Å². The molecule has 0 radical (unpaired) electrons. The molecule has 6 nitrogen and oxygen atoms in total. The molecule has 2 rings (SSSR count). The maximum absolute atomic E-state index is 12.5. The third-order valence-electron chi connectivity index (χ3n) is 3.66. The number of hydrogen-bond donors (Lipinski definition) is 2. The van der Waals surface area contributed by atoms with Crippen LogP contribution in [0.2, 0.25) is 0 Å². The first-order valence-corrected chi connectivity index (χ1v) is 6.94. The lowest BCUT2D eigenvalue weighted by atomic mass is 9.76. The predicted molar refractivity (Wildman–Crippen MR) is 70.3 cm³/mol. The lowest BCUT2D eigenvalue weighted by Gasteiger charge is -2.36. The number of nitrogens with zero attached hydrogens (tertiary/aromatic N) is 2. The van der Waals surface area contributed by atoms with Crippen molar-refractivity contribution in [1.82, 2.24) is 20.8 Å². The van der Waals surface area contributed by atoms with Crippen LogP contribution < -0.4 is 10.6 Å². The summed E-state index contributed by atoms with van der Waals surface area (Å²) < 4.78 is 4.89. The van der Waals surface area contributed by atoms with Crippen molar-refractivity contribution in [3.8, 4) is 0 Å². The molecule has 1 fully saturated rings. The molecule has 1 aliphatic heterocycles. The molecule has 0 spiro atoms. The van der Waals surface area contributed by atoms with E-state index < -0.39 is 0 Å². The Bertz CT molecular complexity index is 419. The van der Waals surface area contributed by atoms with Gasteiger partial charge in [0.25, 0.3) is 0 Å². The number of nitrogens with one attached hydrogen (secondary N) is 2. The second kappa shape index (κ2) is 6.14. The lowest BCUT2D eigenvalue weighted by molar-refractivity contribution is -0.132. The molecular weight excluding hydrogens is 244 g/mol. The van der Waals surface area contributed by atoms with Crippen molar-refractivity contribution < 1.29 is 9.32 Å². The number of aromatic nitrogens is 2. The van der Waals surface area contributed by atoms with Gasteiger partial charge in [-0.25, -0.2) is 0 Å². The van der Waals surface area contributed by atoms with Gasteiger partial charge in [0.05, 0.1) is 12.0 Å². The number of aryl methyl sites for hydroxylation is 1. The summed E-state index contributed by atoms with van der Waals surface area (Å²) in [4.78, 5) is 16.5. The largest absolute Gasteiger partial charge is 0.348 e. The number of carbonyl (C=O) groups excluding carboxylic acids is 1. The Morgan fingerprint density at radius 2 is 2.42 bits per heavy atom. The molecule has 1 saturated heterocycles. The van der Waals surface area contributed by atoms with E-state index in [9.17, 15) is 4.79 Å². The van der Waals surface area contributed by atoms with Crippen molar-refractivity contribution in [1.29, 1.82) is 0 Å². The Hall–Kier alpha value is -1.43. The SMILES string of the molecule is CCCC1(C(=O)NCc2noc(C)n2)CCCNC1. The van der Waals surface area contributed by atoms with Crippen LogP contribution in [0.4, 0.5) is 0 Å². The normalized spacial score (nSPS) is 23.3. The zero-order valence-electron chi connectivity index (χ0n) is 11.7. The van der Waals surface area contributed by atoms with Gasteiger partial charge in [-0.05, 0) is 25.8 Å². The Morgan fingerprint density at radius 3 is 3.00 bits per heavy atom. The van der Waals surface area contributed by atoms with E-state index in [-0.39, 0.29) is 11.3 Å². The van der Waals surface area contributed by atoms with Crippen molar-refractivity contribution in [2.45, 2.75) is 46.1 Å². The van der Waals surface area contributed by atoms with Gasteiger partial charge in [-0.15, -0.1) is 0 Å². The molecule has 2 heterocycles. The topological polar surface area (TPSA) is 80.1 Å². The fourth-order valence-electron chi connectivity index (χ4n) is 2.73. The van der Waals surface area contributed by atoms with Crippen LogP contribution in [-0.2, 0) is 11.3 Å². The number of hydrogen-bond acceptors (Lipinski definition) is 5. The van der Waals surface area contributed by atoms with Gasteiger partial charge in [0.1, 0.15) is 0 Å². The maximum atomic E-state index is 12.5. The Balaban J connectivity index is 1.95. The van der Waals surface area contributed by atoms with E-state index in [1.54, 1.807) is 6.92 Å². The summed E-state index contributed by atoms with van der Waals surface area (Å²) >= 11 is 0. The van der Waals surface area contributed by atoms with Gasteiger partial charge in [-0.1, -0.05) is 18.5 Å². The summed E-state index contributed by atoms with van der Waals surface area (Å²) in [6.45, 7) is 5.95. The summed E-state index contributed by atoms with van der Waals surface area (Å²) in [5.74, 6) is 1.15. The summed E-state index contributed by atoms with van der Waals surface area (Å²) in [5, 5.41) is 10.1. The zero-order valence-corrected chi connectivity index (χ0v) is 11.7. The second-order valence-corrected chi connectivity index (χ2v) is 5.22. The number of rotatable bonds is 5. The van der Waals surface area contributed by atoms with Gasteiger partial charge in [0, 0.05) is 13.5 Å². The van der Waals surface area contributed by atoms with Gasteiger partial charge in [-0.2, -0.15) is 4.98 Å². The minimum Gasteiger partial charge on any atom is -0.348 e. The Kier molecular flexibility index (Phi) is 4.52. The maximum Gasteiger partial charge on any atom is 0.227 e. The Labute approximate surface area is 113 Å². The van der Waals surface area contributed by atoms with Crippen LogP contribution in [-0.4, -0.2) is 29.1 Å². The molecular formula is C13H22N4O2. The fourth-order valence-corrected chi connectivity index (χ4v) is 2.73. The van der Waals surface area contributed by atoms with Crippen LogP contribution >= 0.6 is 0 Å². The van der Waals surface area contributed by atoms with E-state index in [1.165, 1.54) is 0 Å². The van der Waals surface area contributed by atoms with Gasteiger partial charge >= 0.3 is 0 Å². The molecule has 1 aromatic heterocycles. The van der Waals surface area contributed by atoms with Gasteiger partial charge in [0.15, 0.2) is 5.82 Å². The van der Waals surface area contributed by atoms with E-state index in [0.29, 0.717) is 18.3 Å². The molecule has 0 aliphatic carbocycles. The summed E-state index contributed by atoms with van der Waals surface area (Å²) in [5.41, 5.74) is -0.272. The molecule has 0 bridgehead atoms. The highest BCUT2D eigenvalue weighted by Crippen LogP contribution is 2.31. The first kappa shape index (κ1) is 14.0. The van der Waals surface area contributed by atoms with Crippen molar-refractivity contribution in [3.63, 3.8) is 0 Å². The van der Waals surface area contributed by atoms with E-state index >= 15 is 0 Å². The minimum atomic E-state index is -0.272. The third-order valence-corrected chi connectivity index (χ3v) is 3.66. The average molecular weight is 266 g/mol. The van der Waals surface area contributed by atoms with Gasteiger partial charge < -0.3 is 15.2 Å². The first-order chi connectivity index (χ1) is 9.16. The minimum absolute atomic E-state index is 0.101. The number of amides is 1. The summed E-state index contributed by atoms with van der Waals surface area (Å²) in [6.07, 6.45) is 3.92. The van der Waals surface area contributed by atoms with Crippen LogP contribution in [0.15, 0.2) is 4.52 Å². The monoisotopic (exact) mass is 266 g/mol. The van der Waals surface area contributed by atoms with E-state index in [4.69, 9.17) is 4.52 Å². The molecule has 1 atom stereocenters. The lowest BCUT2D eigenvalue weighted by Crippen LogP contribution is -2.50. The Morgan fingerprint density at radius 1 is 1.58 bits per heavy atom. The standard InChI is InChI=1S/C13H22N4O2/c1-3-5-13(6-4-7-14-9-13)12(18)15-8-11-16-10(2)19-17-11/h14H,3-9H2,1-2H3,(H,15,18). The molecule has 106 valence electrons. The molecule has 0 saturated carbocycles. The second-order valence-electron chi connectivity index (χ2n) is 5.22. The fraction of sp³-hybridized carbons (Fsp3) is 0.769. The molecule has 1 unspecified atom stereocenters. The van der Waals surface area contributed by atoms with E-state index in [1.807, 2.05) is 0 Å².